The van der Waals surface area contributed by atoms with Gasteiger partial charge in [-0.3, -0.25) is 4.98 Å². The number of aliphatic hydroxyl groups is 1. The molecule has 2 aliphatic rings. The van der Waals surface area contributed by atoms with Crippen molar-refractivity contribution in [2.24, 2.45) is 12.8 Å². The van der Waals surface area contributed by atoms with Crippen LogP contribution in [-0.2, 0) is 18.2 Å². The molecule has 0 saturated carbocycles. The van der Waals surface area contributed by atoms with Crippen LogP contribution in [0.1, 0.15) is 61.8 Å². The molecule has 1 saturated heterocycles. The van der Waals surface area contributed by atoms with E-state index in [4.69, 9.17) is 22.1 Å². The van der Waals surface area contributed by atoms with Gasteiger partial charge in [0.25, 0.3) is 0 Å². The van der Waals surface area contributed by atoms with Crippen LogP contribution in [0.2, 0.25) is 5.02 Å². The van der Waals surface area contributed by atoms with E-state index in [-0.39, 0.29) is 6.04 Å². The first-order chi connectivity index (χ1) is 18.6. The Balaban J connectivity index is 0.000000239. The van der Waals surface area contributed by atoms with Crippen molar-refractivity contribution >= 4 is 29.3 Å². The number of aryl methyl sites for hydroxylation is 1. The number of fused-ring (bicyclic) bond motifs is 2. The van der Waals surface area contributed by atoms with Crippen molar-refractivity contribution in [1.82, 2.24) is 24.8 Å². The van der Waals surface area contributed by atoms with E-state index in [0.717, 1.165) is 47.6 Å². The predicted molar refractivity (Wildman–Crippen MR) is 155 cm³/mol. The lowest BCUT2D eigenvalue weighted by Gasteiger charge is -2.29. The second kappa shape index (κ2) is 13.7. The summed E-state index contributed by atoms with van der Waals surface area (Å²) in [5.74, 6) is -1.39. The van der Waals surface area contributed by atoms with E-state index in [9.17, 15) is 9.90 Å². The number of halogens is 1. The zero-order valence-electron chi connectivity index (χ0n) is 23.3. The van der Waals surface area contributed by atoms with Crippen LogP contribution in [0.5, 0.6) is 0 Å². The molecule has 1 amide bonds. The van der Waals surface area contributed by atoms with Gasteiger partial charge in [0, 0.05) is 64.7 Å². The van der Waals surface area contributed by atoms with Crippen LogP contribution in [0, 0.1) is 0 Å². The summed E-state index contributed by atoms with van der Waals surface area (Å²) in [5, 5.41) is 13.1. The number of nitrogens with two attached hydrogens (primary N) is 1. The Kier molecular flexibility index (Phi) is 10.7. The summed E-state index contributed by atoms with van der Waals surface area (Å²) in [5.41, 5.74) is 13.0. The first-order valence-corrected chi connectivity index (χ1v) is 13.6. The van der Waals surface area contributed by atoms with Gasteiger partial charge in [-0.2, -0.15) is 0 Å². The smallest absolute Gasteiger partial charge is 0.412 e. The van der Waals surface area contributed by atoms with Crippen LogP contribution in [-0.4, -0.2) is 62.6 Å². The molecule has 0 radical (unpaired) electrons. The fourth-order valence-electron chi connectivity index (χ4n) is 4.34. The molecule has 210 valence electrons. The lowest BCUT2D eigenvalue weighted by Crippen LogP contribution is -2.48. The van der Waals surface area contributed by atoms with Crippen molar-refractivity contribution in [2.45, 2.75) is 45.9 Å². The van der Waals surface area contributed by atoms with Gasteiger partial charge in [-0.25, -0.2) is 9.78 Å². The van der Waals surface area contributed by atoms with Crippen molar-refractivity contribution in [1.29, 1.82) is 0 Å². The summed E-state index contributed by atoms with van der Waals surface area (Å²) >= 11 is 6.27. The van der Waals surface area contributed by atoms with E-state index < -0.39 is 11.9 Å². The average molecular weight is 555 g/mol. The first-order valence-electron chi connectivity index (χ1n) is 13.2. The molecule has 2 aromatic heterocycles. The Hall–Kier alpha value is -3.24. The number of hydrogen-bond acceptors (Lipinski definition) is 7. The topological polar surface area (TPSA) is 119 Å². The van der Waals surface area contributed by atoms with Crippen molar-refractivity contribution < 1.29 is 14.6 Å². The lowest BCUT2D eigenvalue weighted by molar-refractivity contribution is -0.139. The molecule has 5 rings (SSSR count). The fraction of sp³-hybridized carbons (Fsp3) is 0.414. The minimum atomic E-state index is -1.39. The third-order valence-electron chi connectivity index (χ3n) is 6.20. The number of carbonyl (C=O) groups excluding carboxylic acids is 1. The highest BCUT2D eigenvalue weighted by Gasteiger charge is 2.25. The van der Waals surface area contributed by atoms with E-state index >= 15 is 0 Å². The highest BCUT2D eigenvalue weighted by Crippen LogP contribution is 2.37. The summed E-state index contributed by atoms with van der Waals surface area (Å²) < 4.78 is 6.74. The fourth-order valence-corrected chi connectivity index (χ4v) is 4.51. The summed E-state index contributed by atoms with van der Waals surface area (Å²) in [6.07, 6.45) is 7.84. The third-order valence-corrected chi connectivity index (χ3v) is 6.43. The number of piperazine rings is 1. The zero-order chi connectivity index (χ0) is 28.6. The maximum absolute atomic E-state index is 11.3. The number of hydrogen-bond donors (Lipinski definition) is 3. The number of rotatable bonds is 3. The second-order valence-electron chi connectivity index (χ2n) is 9.58. The van der Waals surface area contributed by atoms with Gasteiger partial charge in [0.15, 0.2) is 0 Å². The van der Waals surface area contributed by atoms with E-state index in [0.29, 0.717) is 18.1 Å². The number of amides is 1. The van der Waals surface area contributed by atoms with Gasteiger partial charge in [-0.05, 0) is 46.5 Å². The van der Waals surface area contributed by atoms with E-state index in [1.165, 1.54) is 19.4 Å². The molecule has 1 fully saturated rings. The highest BCUT2D eigenvalue weighted by molar-refractivity contribution is 6.30. The monoisotopic (exact) mass is 554 g/mol. The quantitative estimate of drug-likeness (QED) is 0.411. The van der Waals surface area contributed by atoms with E-state index in [1.807, 2.05) is 56.1 Å². The molecule has 1 aliphatic heterocycles. The lowest BCUT2D eigenvalue weighted by atomic mass is 9.92. The number of nitrogens with zero attached hydrogens (tertiary/aromatic N) is 4. The van der Waals surface area contributed by atoms with Crippen molar-refractivity contribution in [3.63, 3.8) is 0 Å². The van der Waals surface area contributed by atoms with Gasteiger partial charge >= 0.3 is 6.09 Å². The SMILES string of the molecule is CC.CC(C)(O)OC(=O)N1CCNCC1.Cn1cncc1C(N)C1=Cc2cccnc2Cc2ccc(Cl)cc21. The van der Waals surface area contributed by atoms with Crippen LogP contribution in [0.25, 0.3) is 11.6 Å². The number of ether oxygens (including phenoxy) is 1. The summed E-state index contributed by atoms with van der Waals surface area (Å²) in [6.45, 7) is 9.70. The molecule has 0 spiro atoms. The molecule has 1 atom stereocenters. The van der Waals surface area contributed by atoms with Crippen molar-refractivity contribution in [3.05, 3.63) is 82.2 Å². The molecular formula is C29H39ClN6O3. The molecule has 10 heteroatoms. The first kappa shape index (κ1) is 30.3. The van der Waals surface area contributed by atoms with Crippen LogP contribution >= 0.6 is 11.6 Å². The molecule has 3 aromatic rings. The number of carbonyl (C=O) groups is 1. The standard InChI is InChI=1S/C19H17ClN4.C8H16N2O3.C2H6/c1-24-11-22-10-18(24)19(21)16-7-13-3-2-6-23-17(13)8-12-4-5-14(20)9-15(12)16;1-8(2,12)13-7(11)10-5-3-9-4-6-10;1-2/h2-7,9-11,19H,8,21H2,1H3;9,12H,3-6H2,1-2H3;1-2H3. The second-order valence-corrected chi connectivity index (χ2v) is 10.0. The normalized spacial score (nSPS) is 15.2. The van der Waals surface area contributed by atoms with Gasteiger partial charge in [0.05, 0.1) is 30.0 Å². The summed E-state index contributed by atoms with van der Waals surface area (Å²) in [7, 11) is 1.95. The molecule has 1 unspecified atom stereocenters. The van der Waals surface area contributed by atoms with E-state index in [1.54, 1.807) is 11.2 Å². The Bertz CT molecular complexity index is 1280. The Morgan fingerprint density at radius 1 is 1.23 bits per heavy atom. The number of pyridine rings is 1. The van der Waals surface area contributed by atoms with Crippen LogP contribution in [0.4, 0.5) is 4.79 Å². The number of aromatic nitrogens is 3. The molecule has 4 N–H and O–H groups in total. The molecule has 1 aliphatic carbocycles. The van der Waals surface area contributed by atoms with Gasteiger partial charge in [-0.15, -0.1) is 0 Å². The molecule has 0 bridgehead atoms. The Morgan fingerprint density at radius 3 is 2.59 bits per heavy atom. The zero-order valence-corrected chi connectivity index (χ0v) is 24.1. The number of imidazole rings is 1. The maximum atomic E-state index is 11.3. The predicted octanol–water partition coefficient (Wildman–Crippen LogP) is 4.40. The molecule has 9 nitrogen and oxygen atoms in total. The summed E-state index contributed by atoms with van der Waals surface area (Å²) in [4.78, 5) is 21.6. The average Bonchev–Trinajstić information content (AvgIpc) is 3.28. The van der Waals surface area contributed by atoms with Crippen LogP contribution in [0.15, 0.2) is 49.1 Å². The Morgan fingerprint density at radius 2 is 1.95 bits per heavy atom. The van der Waals surface area contributed by atoms with Gasteiger partial charge in [0.1, 0.15) is 0 Å². The van der Waals surface area contributed by atoms with Gasteiger partial charge < -0.3 is 30.4 Å². The maximum Gasteiger partial charge on any atom is 0.412 e. The van der Waals surface area contributed by atoms with Gasteiger partial charge in [0.2, 0.25) is 5.79 Å². The minimum absolute atomic E-state index is 0.291. The van der Waals surface area contributed by atoms with Crippen molar-refractivity contribution in [3.8, 4) is 0 Å². The summed E-state index contributed by atoms with van der Waals surface area (Å²) in [6, 6.07) is 9.70. The minimum Gasteiger partial charge on any atom is -0.418 e. The number of nitrogens with one attached hydrogen (secondary N) is 1. The molecule has 1 aromatic carbocycles. The largest absolute Gasteiger partial charge is 0.418 e. The Labute approximate surface area is 235 Å². The molecular weight excluding hydrogens is 516 g/mol. The van der Waals surface area contributed by atoms with Crippen LogP contribution in [0.3, 0.4) is 0 Å². The van der Waals surface area contributed by atoms with Crippen molar-refractivity contribution in [2.75, 3.05) is 26.2 Å². The molecule has 39 heavy (non-hydrogen) atoms. The van der Waals surface area contributed by atoms with Crippen LogP contribution < -0.4 is 11.1 Å². The number of benzene rings is 1. The van der Waals surface area contributed by atoms with Gasteiger partial charge in [-0.1, -0.05) is 37.6 Å². The third kappa shape index (κ3) is 8.12. The highest BCUT2D eigenvalue weighted by atomic mass is 35.5. The van der Waals surface area contributed by atoms with E-state index in [2.05, 4.69) is 33.5 Å². The molecule has 3 heterocycles.